The minimum Gasteiger partial charge on any atom is -0.299 e. The molecule has 1 N–H and O–H groups in total. The predicted molar refractivity (Wildman–Crippen MR) is 78.8 cm³/mol. The molecule has 1 aromatic carbocycles. The highest BCUT2D eigenvalue weighted by Gasteiger charge is 2.32. The van der Waals surface area contributed by atoms with Crippen LogP contribution in [0.25, 0.3) is 0 Å². The number of benzene rings is 1. The smallest absolute Gasteiger partial charge is 0.246 e. The first kappa shape index (κ1) is 15.3. The normalized spacial score (nSPS) is 21.2. The maximum Gasteiger partial charge on any atom is 0.246 e. The van der Waals surface area contributed by atoms with Crippen LogP contribution in [-0.2, 0) is 9.59 Å². The number of imide groups is 1. The minimum absolute atomic E-state index is 0.128. The number of hydrogen-bond donors (Lipinski definition) is 1. The van der Waals surface area contributed by atoms with Crippen molar-refractivity contribution in [2.45, 2.75) is 31.8 Å². The summed E-state index contributed by atoms with van der Waals surface area (Å²) < 4.78 is 0. The van der Waals surface area contributed by atoms with Crippen molar-refractivity contribution in [1.29, 1.82) is 0 Å². The molecule has 2 atom stereocenters. The summed E-state index contributed by atoms with van der Waals surface area (Å²) in [6, 6.07) is 4.73. The fraction of sp³-hybridized carbons (Fsp3) is 0.429. The molecule has 0 aliphatic carbocycles. The van der Waals surface area contributed by atoms with E-state index in [1.807, 2.05) is 6.92 Å². The van der Waals surface area contributed by atoms with Crippen LogP contribution in [0.4, 0.5) is 0 Å². The number of carbonyl (C=O) groups is 2. The largest absolute Gasteiger partial charge is 0.299 e. The number of nitrogens with one attached hydrogen (secondary N) is 1. The third-order valence-corrected chi connectivity index (χ3v) is 4.10. The van der Waals surface area contributed by atoms with Gasteiger partial charge < -0.3 is 0 Å². The molecule has 1 aliphatic heterocycles. The summed E-state index contributed by atoms with van der Waals surface area (Å²) in [5.74, 6) is -0.340. The molecule has 1 saturated heterocycles. The summed E-state index contributed by atoms with van der Waals surface area (Å²) in [7, 11) is 1.51. The van der Waals surface area contributed by atoms with Gasteiger partial charge in [-0.15, -0.1) is 0 Å². The Labute approximate surface area is 128 Å². The van der Waals surface area contributed by atoms with E-state index in [0.717, 1.165) is 5.56 Å². The van der Waals surface area contributed by atoms with Crippen LogP contribution in [-0.4, -0.2) is 29.8 Å². The van der Waals surface area contributed by atoms with Crippen molar-refractivity contribution in [3.63, 3.8) is 0 Å². The van der Waals surface area contributed by atoms with Crippen LogP contribution < -0.4 is 5.32 Å². The summed E-state index contributed by atoms with van der Waals surface area (Å²) in [6.07, 6.45) is 0.875. The van der Waals surface area contributed by atoms with Gasteiger partial charge in [0.1, 0.15) is 0 Å². The molecule has 2 unspecified atom stereocenters. The van der Waals surface area contributed by atoms with Gasteiger partial charge in [0.05, 0.1) is 6.04 Å². The van der Waals surface area contributed by atoms with Crippen LogP contribution in [0.2, 0.25) is 10.0 Å². The number of nitrogens with zero attached hydrogens (tertiary/aromatic N) is 1. The van der Waals surface area contributed by atoms with E-state index in [4.69, 9.17) is 23.2 Å². The van der Waals surface area contributed by atoms with Crippen LogP contribution in [0.5, 0.6) is 0 Å². The Balaban J connectivity index is 2.11. The molecule has 20 heavy (non-hydrogen) atoms. The molecule has 2 rings (SSSR count). The van der Waals surface area contributed by atoms with Gasteiger partial charge in [-0.2, -0.15) is 0 Å². The average molecular weight is 315 g/mol. The molecule has 4 nitrogen and oxygen atoms in total. The lowest BCUT2D eigenvalue weighted by molar-refractivity contribution is -0.148. The zero-order valence-corrected chi connectivity index (χ0v) is 12.8. The Morgan fingerprint density at radius 2 is 2.05 bits per heavy atom. The zero-order valence-electron chi connectivity index (χ0n) is 11.3. The fourth-order valence-corrected chi connectivity index (χ4v) is 2.77. The molecule has 2 amide bonds. The zero-order chi connectivity index (χ0) is 14.9. The van der Waals surface area contributed by atoms with E-state index in [2.05, 4.69) is 5.32 Å². The summed E-state index contributed by atoms with van der Waals surface area (Å²) in [6.45, 7) is 1.92. The molecule has 0 radical (unpaired) electrons. The summed E-state index contributed by atoms with van der Waals surface area (Å²) in [4.78, 5) is 24.7. The van der Waals surface area contributed by atoms with Crippen LogP contribution in [0.3, 0.4) is 0 Å². The van der Waals surface area contributed by atoms with Crippen molar-refractivity contribution in [3.05, 3.63) is 33.8 Å². The molecule has 0 aromatic heterocycles. The number of likely N-dealkylation sites (tertiary alicyclic amines) is 1. The Morgan fingerprint density at radius 3 is 2.75 bits per heavy atom. The molecule has 6 heteroatoms. The third-order valence-electron chi connectivity index (χ3n) is 3.53. The van der Waals surface area contributed by atoms with Crippen LogP contribution >= 0.6 is 23.2 Å². The summed E-state index contributed by atoms with van der Waals surface area (Å²) >= 11 is 12.1. The van der Waals surface area contributed by atoms with Gasteiger partial charge in [0.2, 0.25) is 11.8 Å². The number of rotatable bonds is 3. The van der Waals surface area contributed by atoms with E-state index in [9.17, 15) is 9.59 Å². The maximum absolute atomic E-state index is 12.0. The van der Waals surface area contributed by atoms with Gasteiger partial charge in [0, 0.05) is 29.6 Å². The molecule has 1 heterocycles. The second kappa shape index (κ2) is 6.12. The van der Waals surface area contributed by atoms with Crippen molar-refractivity contribution >= 4 is 35.0 Å². The van der Waals surface area contributed by atoms with Crippen molar-refractivity contribution in [3.8, 4) is 0 Å². The molecule has 1 aliphatic rings. The lowest BCUT2D eigenvalue weighted by atomic mass is 10.0. The first-order valence-electron chi connectivity index (χ1n) is 6.41. The molecular weight excluding hydrogens is 299 g/mol. The summed E-state index contributed by atoms with van der Waals surface area (Å²) in [5, 5.41) is 4.41. The van der Waals surface area contributed by atoms with E-state index in [1.54, 1.807) is 18.2 Å². The molecular formula is C14H16Cl2N2O2. The van der Waals surface area contributed by atoms with E-state index in [0.29, 0.717) is 22.9 Å². The van der Waals surface area contributed by atoms with Gasteiger partial charge in [-0.05, 0) is 37.1 Å². The Kier molecular flexibility index (Phi) is 4.68. The highest BCUT2D eigenvalue weighted by molar-refractivity contribution is 6.33. The Morgan fingerprint density at radius 1 is 1.35 bits per heavy atom. The van der Waals surface area contributed by atoms with Gasteiger partial charge in [-0.25, -0.2) is 0 Å². The van der Waals surface area contributed by atoms with E-state index >= 15 is 0 Å². The van der Waals surface area contributed by atoms with E-state index in [-0.39, 0.29) is 23.9 Å². The Hall–Kier alpha value is -1.10. The van der Waals surface area contributed by atoms with Gasteiger partial charge in [-0.3, -0.25) is 19.8 Å². The van der Waals surface area contributed by atoms with E-state index in [1.165, 1.54) is 11.9 Å². The molecule has 1 aromatic rings. The molecule has 1 fully saturated rings. The van der Waals surface area contributed by atoms with Crippen molar-refractivity contribution in [2.24, 2.45) is 0 Å². The first-order valence-corrected chi connectivity index (χ1v) is 7.17. The van der Waals surface area contributed by atoms with Crippen molar-refractivity contribution < 1.29 is 9.59 Å². The lowest BCUT2D eigenvalue weighted by Gasteiger charge is -2.30. The topological polar surface area (TPSA) is 49.4 Å². The van der Waals surface area contributed by atoms with E-state index < -0.39 is 0 Å². The Bertz CT molecular complexity index is 548. The maximum atomic E-state index is 12.0. The van der Waals surface area contributed by atoms with Crippen molar-refractivity contribution in [2.75, 3.05) is 7.05 Å². The standard InChI is InChI=1S/C14H16Cl2N2O2/c1-8(10-7-9(15)3-4-11(10)16)17-12-5-6-13(19)18(2)14(12)20/h3-4,7-8,12,17H,5-6H2,1-2H3. The van der Waals surface area contributed by atoms with Crippen molar-refractivity contribution in [1.82, 2.24) is 10.2 Å². The van der Waals surface area contributed by atoms with Gasteiger partial charge in [0.25, 0.3) is 0 Å². The SMILES string of the molecule is CC(NC1CCC(=O)N(C)C1=O)c1cc(Cl)ccc1Cl. The highest BCUT2D eigenvalue weighted by Crippen LogP contribution is 2.27. The third kappa shape index (κ3) is 3.14. The lowest BCUT2D eigenvalue weighted by Crippen LogP contribution is -2.51. The summed E-state index contributed by atoms with van der Waals surface area (Å²) in [5.41, 5.74) is 0.839. The average Bonchev–Trinajstić information content (AvgIpc) is 2.42. The molecule has 0 bridgehead atoms. The number of carbonyl (C=O) groups excluding carboxylic acids is 2. The first-order chi connectivity index (χ1) is 9.40. The van der Waals surface area contributed by atoms with Crippen LogP contribution in [0, 0.1) is 0 Å². The second-order valence-corrected chi connectivity index (χ2v) is 5.78. The fourth-order valence-electron chi connectivity index (χ4n) is 2.31. The number of likely N-dealkylation sites (N-methyl/N-ethyl adjacent to an activating group) is 1. The minimum atomic E-state index is -0.372. The molecule has 108 valence electrons. The number of hydrogen-bond acceptors (Lipinski definition) is 3. The highest BCUT2D eigenvalue weighted by atomic mass is 35.5. The number of piperidine rings is 1. The van der Waals surface area contributed by atoms with Crippen LogP contribution in [0.15, 0.2) is 18.2 Å². The van der Waals surface area contributed by atoms with Gasteiger partial charge in [0.15, 0.2) is 0 Å². The second-order valence-electron chi connectivity index (χ2n) is 4.94. The van der Waals surface area contributed by atoms with Crippen LogP contribution in [0.1, 0.15) is 31.4 Å². The number of amides is 2. The van der Waals surface area contributed by atoms with Gasteiger partial charge >= 0.3 is 0 Å². The number of halogens is 2. The monoisotopic (exact) mass is 314 g/mol. The van der Waals surface area contributed by atoms with Gasteiger partial charge in [-0.1, -0.05) is 23.2 Å². The molecule has 0 spiro atoms. The molecule has 0 saturated carbocycles. The predicted octanol–water partition coefficient (Wildman–Crippen LogP) is 2.79. The quantitative estimate of drug-likeness (QED) is 0.873.